The fourth-order valence-corrected chi connectivity index (χ4v) is 1.81. The summed E-state index contributed by atoms with van der Waals surface area (Å²) >= 11 is 0. The van der Waals surface area contributed by atoms with E-state index in [0.29, 0.717) is 0 Å². The number of amides is 1. The lowest BCUT2D eigenvalue weighted by Crippen LogP contribution is -2.30. The Morgan fingerprint density at radius 1 is 1.43 bits per heavy atom. The van der Waals surface area contributed by atoms with Gasteiger partial charge in [0.25, 0.3) is 5.91 Å². The Balaban J connectivity index is 2.43. The van der Waals surface area contributed by atoms with Gasteiger partial charge >= 0.3 is 5.97 Å². The molecule has 2 aromatic heterocycles. The molecule has 2 aromatic rings. The van der Waals surface area contributed by atoms with E-state index in [-0.39, 0.29) is 22.8 Å². The fourth-order valence-electron chi connectivity index (χ4n) is 1.81. The molecule has 0 fully saturated rings. The number of nitriles is 1. The normalized spacial score (nSPS) is 11.7. The van der Waals surface area contributed by atoms with Crippen molar-refractivity contribution in [2.24, 2.45) is 5.73 Å². The average Bonchev–Trinajstić information content (AvgIpc) is 3.04. The zero-order valence-corrected chi connectivity index (χ0v) is 11.5. The van der Waals surface area contributed by atoms with Crippen molar-refractivity contribution in [3.05, 3.63) is 41.4 Å². The molecular weight excluding hydrogens is 274 g/mol. The van der Waals surface area contributed by atoms with Crippen LogP contribution in [0.2, 0.25) is 0 Å². The van der Waals surface area contributed by atoms with Crippen LogP contribution in [-0.2, 0) is 9.53 Å². The molecule has 7 heteroatoms. The first-order valence-corrected chi connectivity index (χ1v) is 6.12. The van der Waals surface area contributed by atoms with Gasteiger partial charge in [0.1, 0.15) is 23.0 Å². The van der Waals surface area contributed by atoms with Crippen LogP contribution in [0.15, 0.2) is 28.9 Å². The van der Waals surface area contributed by atoms with E-state index in [2.05, 4.69) is 0 Å². The third-order valence-corrected chi connectivity index (χ3v) is 2.91. The van der Waals surface area contributed by atoms with Crippen LogP contribution in [0.3, 0.4) is 0 Å². The highest BCUT2D eigenvalue weighted by Gasteiger charge is 2.27. The van der Waals surface area contributed by atoms with Gasteiger partial charge in [-0.15, -0.1) is 0 Å². The van der Waals surface area contributed by atoms with Crippen molar-refractivity contribution in [3.8, 4) is 12.0 Å². The number of ether oxygens (including phenoxy) is 1. The molecule has 0 bridgehead atoms. The van der Waals surface area contributed by atoms with E-state index >= 15 is 0 Å². The van der Waals surface area contributed by atoms with E-state index in [1.165, 1.54) is 6.92 Å². The van der Waals surface area contributed by atoms with E-state index in [9.17, 15) is 14.9 Å². The molecule has 0 aliphatic heterocycles. The van der Waals surface area contributed by atoms with Gasteiger partial charge in [-0.25, -0.2) is 4.79 Å². The highest BCUT2D eigenvalue weighted by atomic mass is 16.5. The summed E-state index contributed by atoms with van der Waals surface area (Å²) in [5.41, 5.74) is 5.09. The van der Waals surface area contributed by atoms with Gasteiger partial charge in [0.15, 0.2) is 6.10 Å². The summed E-state index contributed by atoms with van der Waals surface area (Å²) in [4.78, 5) is 23.0. The summed E-state index contributed by atoms with van der Waals surface area (Å²) in [6.45, 7) is 2.90. The minimum Gasteiger partial charge on any atom is -0.449 e. The molecular formula is C14H13N3O4. The van der Waals surface area contributed by atoms with Gasteiger partial charge in [0.2, 0.25) is 5.88 Å². The number of aromatic nitrogens is 1. The Labute approximate surface area is 120 Å². The van der Waals surface area contributed by atoms with Crippen molar-refractivity contribution in [2.45, 2.75) is 20.0 Å². The number of rotatable bonds is 4. The molecule has 2 N–H and O–H groups in total. The number of hydrogen-bond acceptors (Lipinski definition) is 5. The molecule has 7 nitrogen and oxygen atoms in total. The lowest BCUT2D eigenvalue weighted by Gasteiger charge is -2.08. The Morgan fingerprint density at radius 3 is 2.57 bits per heavy atom. The number of hydrogen-bond donors (Lipinski definition) is 1. The molecule has 0 aliphatic rings. The van der Waals surface area contributed by atoms with E-state index in [1.54, 1.807) is 36.0 Å². The first-order valence-electron chi connectivity index (χ1n) is 6.12. The molecule has 1 atom stereocenters. The maximum absolute atomic E-state index is 12.1. The predicted molar refractivity (Wildman–Crippen MR) is 71.6 cm³/mol. The highest BCUT2D eigenvalue weighted by Crippen LogP contribution is 2.26. The van der Waals surface area contributed by atoms with Crippen molar-refractivity contribution < 1.29 is 18.7 Å². The molecule has 2 heterocycles. The van der Waals surface area contributed by atoms with Crippen molar-refractivity contribution in [2.75, 3.05) is 0 Å². The molecule has 0 saturated carbocycles. The third-order valence-electron chi connectivity index (χ3n) is 2.91. The number of aryl methyl sites for hydroxylation is 1. The van der Waals surface area contributed by atoms with Gasteiger partial charge in [-0.1, -0.05) is 0 Å². The van der Waals surface area contributed by atoms with Gasteiger partial charge in [0, 0.05) is 12.4 Å². The number of nitrogens with zero attached hydrogens (tertiary/aromatic N) is 2. The second-order valence-corrected chi connectivity index (χ2v) is 4.37. The second kappa shape index (κ2) is 5.54. The Hall–Kier alpha value is -3.01. The Morgan fingerprint density at radius 2 is 2.05 bits per heavy atom. The first kappa shape index (κ1) is 14.4. The van der Waals surface area contributed by atoms with Crippen LogP contribution in [0.25, 0.3) is 5.88 Å². The molecule has 0 saturated heterocycles. The number of nitrogens with two attached hydrogens (primary N) is 1. The number of carbonyl (C=O) groups excluding carboxylic acids is 2. The smallest absolute Gasteiger partial charge is 0.343 e. The summed E-state index contributed by atoms with van der Waals surface area (Å²) < 4.78 is 12.0. The van der Waals surface area contributed by atoms with Crippen LogP contribution in [0, 0.1) is 18.3 Å². The first-order chi connectivity index (χ1) is 9.95. The van der Waals surface area contributed by atoms with E-state index in [0.717, 1.165) is 0 Å². The van der Waals surface area contributed by atoms with Gasteiger partial charge in [0.05, 0.1) is 0 Å². The van der Waals surface area contributed by atoms with Gasteiger partial charge in [-0.3, -0.25) is 9.36 Å². The molecule has 0 spiro atoms. The second-order valence-electron chi connectivity index (χ2n) is 4.37. The molecule has 0 aromatic carbocycles. The summed E-state index contributed by atoms with van der Waals surface area (Å²) in [5, 5.41) is 9.28. The minimum absolute atomic E-state index is 0.00528. The lowest BCUT2D eigenvalue weighted by atomic mass is 10.1. The van der Waals surface area contributed by atoms with Crippen molar-refractivity contribution in [1.29, 1.82) is 5.26 Å². The summed E-state index contributed by atoms with van der Waals surface area (Å²) in [7, 11) is 0. The van der Waals surface area contributed by atoms with Gasteiger partial charge < -0.3 is 14.9 Å². The van der Waals surface area contributed by atoms with Crippen LogP contribution >= 0.6 is 0 Å². The summed E-state index contributed by atoms with van der Waals surface area (Å²) in [6.07, 6.45) is 2.27. The molecule has 1 unspecified atom stereocenters. The minimum atomic E-state index is -1.09. The number of carbonyl (C=O) groups is 2. The fraction of sp³-hybridized carbons (Fsp3) is 0.214. The van der Waals surface area contributed by atoms with Crippen molar-refractivity contribution in [3.63, 3.8) is 0 Å². The third kappa shape index (κ3) is 2.65. The number of primary amides is 1. The Bertz CT molecular complexity index is 722. The monoisotopic (exact) mass is 287 g/mol. The maximum Gasteiger partial charge on any atom is 0.343 e. The summed E-state index contributed by atoms with van der Waals surface area (Å²) in [6, 6.07) is 5.44. The number of furan rings is 1. The Kier molecular flexibility index (Phi) is 3.80. The van der Waals surface area contributed by atoms with E-state index in [1.807, 2.05) is 6.07 Å². The van der Waals surface area contributed by atoms with Gasteiger partial charge in [-0.2, -0.15) is 5.26 Å². The van der Waals surface area contributed by atoms with Crippen LogP contribution in [-0.4, -0.2) is 22.5 Å². The maximum atomic E-state index is 12.1. The molecule has 21 heavy (non-hydrogen) atoms. The van der Waals surface area contributed by atoms with Crippen molar-refractivity contribution >= 4 is 11.9 Å². The van der Waals surface area contributed by atoms with Crippen LogP contribution in [0.1, 0.15) is 28.6 Å². The van der Waals surface area contributed by atoms with Crippen molar-refractivity contribution in [1.82, 2.24) is 4.57 Å². The zero-order valence-electron chi connectivity index (χ0n) is 11.5. The van der Waals surface area contributed by atoms with E-state index < -0.39 is 18.0 Å². The summed E-state index contributed by atoms with van der Waals surface area (Å²) in [5.74, 6) is -1.14. The van der Waals surface area contributed by atoms with Gasteiger partial charge in [-0.05, 0) is 26.0 Å². The topological polar surface area (TPSA) is 111 Å². The quantitative estimate of drug-likeness (QED) is 0.851. The molecule has 1 amide bonds. The standard InChI is InChI=1S/C14H13N3O4/c1-8-11(14(19)21-9(2)12(16)18)10(7-15)13(20-8)17-5-3-4-6-17/h3-6,9H,1-2H3,(H2,16,18). The molecule has 0 aliphatic carbocycles. The highest BCUT2D eigenvalue weighted by molar-refractivity contribution is 5.96. The average molecular weight is 287 g/mol. The van der Waals surface area contributed by atoms with Crippen LogP contribution in [0.5, 0.6) is 0 Å². The van der Waals surface area contributed by atoms with Crippen LogP contribution < -0.4 is 5.73 Å². The van der Waals surface area contributed by atoms with Crippen LogP contribution in [0.4, 0.5) is 0 Å². The largest absolute Gasteiger partial charge is 0.449 e. The zero-order chi connectivity index (χ0) is 15.6. The molecule has 108 valence electrons. The SMILES string of the molecule is Cc1oc(-n2cccc2)c(C#N)c1C(=O)OC(C)C(N)=O. The van der Waals surface area contributed by atoms with E-state index in [4.69, 9.17) is 14.9 Å². The lowest BCUT2D eigenvalue weighted by molar-refractivity contribution is -0.125. The number of esters is 1. The molecule has 0 radical (unpaired) electrons. The predicted octanol–water partition coefficient (Wildman–Crippen LogP) is 1.28. The molecule has 2 rings (SSSR count).